The minimum absolute atomic E-state index is 0.00262. The molecule has 3 aromatic heterocycles. The number of carbonyl (C=O) groups excluding carboxylic acids is 2. The van der Waals surface area contributed by atoms with Crippen LogP contribution < -0.4 is 5.32 Å². The molecule has 0 aliphatic carbocycles. The fourth-order valence-corrected chi connectivity index (χ4v) is 3.92. The molecule has 0 unspecified atom stereocenters. The third kappa shape index (κ3) is 3.85. The van der Waals surface area contributed by atoms with Crippen LogP contribution in [0, 0.1) is 12.8 Å². The Morgan fingerprint density at radius 2 is 2.04 bits per heavy atom. The number of nitrogens with one attached hydrogen (secondary N) is 1. The molecule has 0 bridgehead atoms. The number of hydrogen-bond acceptors (Lipinski definition) is 8. The zero-order valence-corrected chi connectivity index (χ0v) is 16.0. The number of aryl methyl sites for hydroxylation is 1. The van der Waals surface area contributed by atoms with Crippen molar-refractivity contribution in [1.82, 2.24) is 15.0 Å². The first-order valence-corrected chi connectivity index (χ1v) is 9.70. The van der Waals surface area contributed by atoms with Gasteiger partial charge in [-0.1, -0.05) is 11.3 Å². The summed E-state index contributed by atoms with van der Waals surface area (Å²) in [6.07, 6.45) is 5.80. The maximum absolute atomic E-state index is 13.1. The maximum Gasteiger partial charge on any atom is 0.277 e. The fourth-order valence-electron chi connectivity index (χ4n) is 2.94. The number of carbonyl (C=O) groups is 2. The smallest absolute Gasteiger partial charge is 0.277 e. The molecule has 1 N–H and O–H groups in total. The van der Waals surface area contributed by atoms with E-state index < -0.39 is 5.91 Å². The average molecular weight is 398 g/mol. The Morgan fingerprint density at radius 3 is 2.71 bits per heavy atom. The Bertz CT molecular complexity index is 976. The molecule has 0 spiro atoms. The van der Waals surface area contributed by atoms with Gasteiger partial charge >= 0.3 is 0 Å². The predicted octanol–water partition coefficient (Wildman–Crippen LogP) is 3.36. The van der Waals surface area contributed by atoms with E-state index in [9.17, 15) is 9.59 Å². The lowest BCUT2D eigenvalue weighted by Crippen LogP contribution is -2.23. The Kier molecular flexibility index (Phi) is 5.27. The summed E-state index contributed by atoms with van der Waals surface area (Å²) in [4.78, 5) is 38.6. The first-order valence-electron chi connectivity index (χ1n) is 8.88. The summed E-state index contributed by atoms with van der Waals surface area (Å²) >= 11 is 1.14. The van der Waals surface area contributed by atoms with Gasteiger partial charge in [0.05, 0.1) is 18.2 Å². The van der Waals surface area contributed by atoms with Gasteiger partial charge in [0.15, 0.2) is 16.7 Å². The molecule has 144 valence electrons. The molecule has 1 fully saturated rings. The summed E-state index contributed by atoms with van der Waals surface area (Å²) in [6.45, 7) is 2.93. The van der Waals surface area contributed by atoms with Gasteiger partial charge in [0.25, 0.3) is 5.91 Å². The van der Waals surface area contributed by atoms with Crippen molar-refractivity contribution in [2.24, 2.45) is 5.92 Å². The normalized spacial score (nSPS) is 14.8. The van der Waals surface area contributed by atoms with E-state index in [1.807, 2.05) is 0 Å². The van der Waals surface area contributed by atoms with Gasteiger partial charge in [-0.3, -0.25) is 19.9 Å². The molecular formula is C19H18N4O4S. The van der Waals surface area contributed by atoms with E-state index in [1.54, 1.807) is 19.1 Å². The lowest BCUT2D eigenvalue weighted by Gasteiger charge is -2.20. The van der Waals surface area contributed by atoms with E-state index in [0.717, 1.165) is 17.0 Å². The number of ketones is 1. The summed E-state index contributed by atoms with van der Waals surface area (Å²) in [6, 6.07) is 3.48. The van der Waals surface area contributed by atoms with Crippen LogP contribution in [0.25, 0.3) is 11.5 Å². The first kappa shape index (κ1) is 18.5. The minimum atomic E-state index is -0.433. The van der Waals surface area contributed by atoms with Crippen LogP contribution in [0.3, 0.4) is 0 Å². The number of ether oxygens (including phenoxy) is 1. The molecule has 1 aliphatic rings. The molecule has 0 radical (unpaired) electrons. The summed E-state index contributed by atoms with van der Waals surface area (Å²) in [7, 11) is 0. The number of anilines is 1. The van der Waals surface area contributed by atoms with Crippen LogP contribution in [0.15, 0.2) is 35.2 Å². The van der Waals surface area contributed by atoms with Crippen LogP contribution in [0.2, 0.25) is 0 Å². The third-order valence-corrected chi connectivity index (χ3v) is 5.42. The van der Waals surface area contributed by atoms with Gasteiger partial charge in [0.2, 0.25) is 0 Å². The van der Waals surface area contributed by atoms with E-state index in [0.29, 0.717) is 47.5 Å². The topological polar surface area (TPSA) is 107 Å². The van der Waals surface area contributed by atoms with E-state index in [2.05, 4.69) is 20.3 Å². The summed E-state index contributed by atoms with van der Waals surface area (Å²) in [5.41, 5.74) is 1.34. The Labute approximate surface area is 165 Å². The van der Waals surface area contributed by atoms with E-state index in [4.69, 9.17) is 9.15 Å². The maximum atomic E-state index is 13.1. The van der Waals surface area contributed by atoms with Gasteiger partial charge in [-0.25, -0.2) is 9.97 Å². The van der Waals surface area contributed by atoms with Gasteiger partial charge in [0.1, 0.15) is 16.3 Å². The van der Waals surface area contributed by atoms with Gasteiger partial charge in [-0.15, -0.1) is 0 Å². The van der Waals surface area contributed by atoms with Crippen molar-refractivity contribution in [1.29, 1.82) is 0 Å². The lowest BCUT2D eigenvalue weighted by molar-refractivity contribution is 0.0547. The Hall–Kier alpha value is -2.91. The highest BCUT2D eigenvalue weighted by Gasteiger charge is 2.29. The number of furan rings is 1. The average Bonchev–Trinajstić information content (AvgIpc) is 3.38. The predicted molar refractivity (Wildman–Crippen MR) is 102 cm³/mol. The van der Waals surface area contributed by atoms with Crippen molar-refractivity contribution in [2.75, 3.05) is 18.5 Å². The van der Waals surface area contributed by atoms with Crippen molar-refractivity contribution in [2.45, 2.75) is 19.8 Å². The standard InChI is InChI=1S/C19H18N4O4S/c1-11-9-21-13(10-20-11)18(25)23-19-22-15(14-3-2-6-27-14)17(28-19)16(24)12-4-7-26-8-5-12/h2-3,6,9-10,12H,4-5,7-8H2,1H3,(H,22,23,25). The number of Topliss-reactive ketones (excluding diaryl/α,β-unsaturated/α-hetero) is 1. The highest BCUT2D eigenvalue weighted by molar-refractivity contribution is 7.18. The monoisotopic (exact) mass is 398 g/mol. The second kappa shape index (κ2) is 7.99. The number of aromatic nitrogens is 3. The van der Waals surface area contributed by atoms with Gasteiger partial charge < -0.3 is 9.15 Å². The van der Waals surface area contributed by atoms with Crippen LogP contribution in [-0.4, -0.2) is 39.9 Å². The molecule has 9 heteroatoms. The second-order valence-corrected chi connectivity index (χ2v) is 7.42. The molecule has 1 aliphatic heterocycles. The molecule has 1 amide bonds. The van der Waals surface area contributed by atoms with Crippen LogP contribution in [0.5, 0.6) is 0 Å². The van der Waals surface area contributed by atoms with Gasteiger partial charge in [0, 0.05) is 25.3 Å². The molecule has 0 atom stereocenters. The van der Waals surface area contributed by atoms with E-state index in [-0.39, 0.29) is 17.4 Å². The van der Waals surface area contributed by atoms with Gasteiger partial charge in [-0.05, 0) is 31.9 Å². The van der Waals surface area contributed by atoms with Crippen molar-refractivity contribution in [3.8, 4) is 11.5 Å². The molecule has 1 saturated heterocycles. The minimum Gasteiger partial charge on any atom is -0.463 e. The quantitative estimate of drug-likeness (QED) is 0.657. The number of rotatable bonds is 5. The van der Waals surface area contributed by atoms with E-state index in [1.165, 1.54) is 18.7 Å². The SMILES string of the molecule is Cc1cnc(C(=O)Nc2nc(-c3ccco3)c(C(=O)C3CCOCC3)s2)cn1. The molecule has 28 heavy (non-hydrogen) atoms. The fraction of sp³-hybridized carbons (Fsp3) is 0.316. The molecule has 3 aromatic rings. The summed E-state index contributed by atoms with van der Waals surface area (Å²) < 4.78 is 10.8. The van der Waals surface area contributed by atoms with Crippen LogP contribution >= 0.6 is 11.3 Å². The highest BCUT2D eigenvalue weighted by atomic mass is 32.1. The Balaban J connectivity index is 1.62. The molecule has 4 rings (SSSR count). The first-order chi connectivity index (χ1) is 13.6. The summed E-state index contributed by atoms with van der Waals surface area (Å²) in [5.74, 6) is -0.0585. The second-order valence-electron chi connectivity index (χ2n) is 6.42. The summed E-state index contributed by atoms with van der Waals surface area (Å²) in [5, 5.41) is 3.02. The number of nitrogens with zero attached hydrogens (tertiary/aromatic N) is 3. The van der Waals surface area contributed by atoms with Crippen molar-refractivity contribution < 1.29 is 18.7 Å². The molecule has 4 heterocycles. The van der Waals surface area contributed by atoms with Gasteiger partial charge in [-0.2, -0.15) is 0 Å². The van der Waals surface area contributed by atoms with Crippen molar-refractivity contribution >= 4 is 28.2 Å². The van der Waals surface area contributed by atoms with Crippen LogP contribution in [0.1, 0.15) is 38.7 Å². The van der Waals surface area contributed by atoms with Crippen molar-refractivity contribution in [3.05, 3.63) is 47.1 Å². The van der Waals surface area contributed by atoms with E-state index >= 15 is 0 Å². The number of thiazole rings is 1. The van der Waals surface area contributed by atoms with Crippen LogP contribution in [-0.2, 0) is 4.74 Å². The zero-order valence-electron chi connectivity index (χ0n) is 15.2. The number of amides is 1. The zero-order chi connectivity index (χ0) is 19.5. The molecular weight excluding hydrogens is 380 g/mol. The third-order valence-electron chi connectivity index (χ3n) is 4.43. The lowest BCUT2D eigenvalue weighted by atomic mass is 9.94. The highest BCUT2D eigenvalue weighted by Crippen LogP contribution is 2.35. The largest absolute Gasteiger partial charge is 0.463 e. The Morgan fingerprint density at radius 1 is 1.21 bits per heavy atom. The van der Waals surface area contributed by atoms with Crippen molar-refractivity contribution in [3.63, 3.8) is 0 Å². The molecule has 0 aromatic carbocycles. The molecule has 8 nitrogen and oxygen atoms in total. The van der Waals surface area contributed by atoms with Crippen LogP contribution in [0.4, 0.5) is 5.13 Å². The number of hydrogen-bond donors (Lipinski definition) is 1. The molecule has 0 saturated carbocycles.